The molecule has 0 atom stereocenters. The van der Waals surface area contributed by atoms with Crippen LogP contribution in [-0.4, -0.2) is 23.2 Å². The first-order chi connectivity index (χ1) is 12.1. The van der Waals surface area contributed by atoms with Crippen molar-refractivity contribution in [2.24, 2.45) is 0 Å². The zero-order chi connectivity index (χ0) is 19.3. The van der Waals surface area contributed by atoms with Gasteiger partial charge in [-0.15, -0.1) is 13.2 Å². The molecule has 9 heteroatoms. The molecule has 2 amide bonds. The zero-order valence-corrected chi connectivity index (χ0v) is 14.0. The van der Waals surface area contributed by atoms with Crippen molar-refractivity contribution in [2.75, 3.05) is 5.32 Å². The van der Waals surface area contributed by atoms with Crippen LogP contribution >= 0.6 is 0 Å². The van der Waals surface area contributed by atoms with Gasteiger partial charge < -0.3 is 15.4 Å². The minimum atomic E-state index is -4.76. The van der Waals surface area contributed by atoms with Gasteiger partial charge in [-0.3, -0.25) is 9.59 Å². The van der Waals surface area contributed by atoms with Crippen LogP contribution in [0.1, 0.15) is 28.4 Å². The average molecular weight is 367 g/mol. The van der Waals surface area contributed by atoms with E-state index in [-0.39, 0.29) is 29.6 Å². The number of aromatic nitrogens is 1. The molecule has 0 saturated carbocycles. The van der Waals surface area contributed by atoms with Crippen molar-refractivity contribution in [3.8, 4) is 5.75 Å². The van der Waals surface area contributed by atoms with Crippen molar-refractivity contribution in [3.63, 3.8) is 0 Å². The third-order valence-electron chi connectivity index (χ3n) is 3.24. The number of hydrogen-bond acceptors (Lipinski definition) is 4. The van der Waals surface area contributed by atoms with Gasteiger partial charge in [-0.25, -0.2) is 4.98 Å². The molecule has 0 spiro atoms. The van der Waals surface area contributed by atoms with Crippen LogP contribution in [-0.2, 0) is 11.3 Å². The number of carbonyl (C=O) groups is 2. The molecule has 1 heterocycles. The molecule has 0 aliphatic rings. The van der Waals surface area contributed by atoms with Gasteiger partial charge in [0.25, 0.3) is 5.91 Å². The summed E-state index contributed by atoms with van der Waals surface area (Å²) >= 11 is 0. The fraction of sp³-hybridized carbons (Fsp3) is 0.235. The SMILES string of the molecule is CC(=O)Nc1cc(C(=O)NCc2ccc(OC(F)(F)F)c(C)c2)ccn1. The van der Waals surface area contributed by atoms with E-state index in [1.807, 2.05) is 0 Å². The van der Waals surface area contributed by atoms with Gasteiger partial charge in [-0.05, 0) is 36.2 Å². The number of rotatable bonds is 5. The molecule has 1 aromatic carbocycles. The molecular formula is C17H16F3N3O3. The van der Waals surface area contributed by atoms with Gasteiger partial charge in [0.05, 0.1) is 0 Å². The lowest BCUT2D eigenvalue weighted by Gasteiger charge is -2.13. The number of anilines is 1. The molecule has 0 aliphatic carbocycles. The first kappa shape index (κ1) is 19.2. The van der Waals surface area contributed by atoms with Crippen LogP contribution < -0.4 is 15.4 Å². The van der Waals surface area contributed by atoms with E-state index < -0.39 is 12.3 Å². The number of ether oxygens (including phenoxy) is 1. The van der Waals surface area contributed by atoms with E-state index in [9.17, 15) is 22.8 Å². The topological polar surface area (TPSA) is 80.3 Å². The highest BCUT2D eigenvalue weighted by molar-refractivity contribution is 5.96. The Bertz CT molecular complexity index is 822. The van der Waals surface area contributed by atoms with Crippen molar-refractivity contribution in [1.82, 2.24) is 10.3 Å². The number of nitrogens with one attached hydrogen (secondary N) is 2. The lowest BCUT2D eigenvalue weighted by molar-refractivity contribution is -0.274. The fourth-order valence-electron chi connectivity index (χ4n) is 2.17. The molecule has 26 heavy (non-hydrogen) atoms. The van der Waals surface area contributed by atoms with Gasteiger partial charge in [0.15, 0.2) is 0 Å². The van der Waals surface area contributed by atoms with Gasteiger partial charge in [-0.1, -0.05) is 12.1 Å². The van der Waals surface area contributed by atoms with Crippen LogP contribution in [0.15, 0.2) is 36.5 Å². The Balaban J connectivity index is 2.01. The number of aryl methyl sites for hydroxylation is 1. The highest BCUT2D eigenvalue weighted by Gasteiger charge is 2.31. The summed E-state index contributed by atoms with van der Waals surface area (Å²) in [6.07, 6.45) is -3.37. The summed E-state index contributed by atoms with van der Waals surface area (Å²) in [5.41, 5.74) is 1.20. The van der Waals surface area contributed by atoms with Crippen LogP contribution in [0, 0.1) is 6.92 Å². The van der Waals surface area contributed by atoms with Gasteiger partial charge in [-0.2, -0.15) is 0 Å². The van der Waals surface area contributed by atoms with E-state index in [2.05, 4.69) is 20.4 Å². The van der Waals surface area contributed by atoms with Crippen molar-refractivity contribution in [2.45, 2.75) is 26.8 Å². The van der Waals surface area contributed by atoms with Crippen molar-refractivity contribution < 1.29 is 27.5 Å². The Hall–Kier alpha value is -3.10. The Morgan fingerprint density at radius 3 is 2.54 bits per heavy atom. The first-order valence-electron chi connectivity index (χ1n) is 7.51. The molecule has 0 bridgehead atoms. The molecule has 6 nitrogen and oxygen atoms in total. The van der Waals surface area contributed by atoms with Gasteiger partial charge in [0.2, 0.25) is 5.91 Å². The molecule has 138 valence electrons. The van der Waals surface area contributed by atoms with Crippen molar-refractivity contribution >= 4 is 17.6 Å². The number of benzene rings is 1. The van der Waals surface area contributed by atoms with Crippen LogP contribution in [0.5, 0.6) is 5.75 Å². The number of pyridine rings is 1. The molecular weight excluding hydrogens is 351 g/mol. The minimum Gasteiger partial charge on any atom is -0.406 e. The molecule has 0 radical (unpaired) electrons. The second kappa shape index (κ2) is 7.85. The summed E-state index contributed by atoms with van der Waals surface area (Å²) < 4.78 is 40.7. The standard InChI is InChI=1S/C17H16F3N3O3/c1-10-7-12(3-4-14(10)26-17(18,19)20)9-22-16(25)13-5-6-21-15(8-13)23-11(2)24/h3-8H,9H2,1-2H3,(H,22,25)(H,21,23,24). The maximum atomic E-state index is 12.3. The Labute approximate surface area is 147 Å². The van der Waals surface area contributed by atoms with Gasteiger partial charge in [0.1, 0.15) is 11.6 Å². The monoisotopic (exact) mass is 367 g/mol. The lowest BCUT2D eigenvalue weighted by atomic mass is 10.1. The minimum absolute atomic E-state index is 0.115. The molecule has 0 aliphatic heterocycles. The largest absolute Gasteiger partial charge is 0.573 e. The summed E-state index contributed by atoms with van der Waals surface area (Å²) in [7, 11) is 0. The molecule has 2 N–H and O–H groups in total. The smallest absolute Gasteiger partial charge is 0.406 e. The summed E-state index contributed by atoms with van der Waals surface area (Å²) in [6, 6.07) is 7.03. The summed E-state index contributed by atoms with van der Waals surface area (Å²) in [6.45, 7) is 2.92. The quantitative estimate of drug-likeness (QED) is 0.851. The molecule has 2 rings (SSSR count). The fourth-order valence-corrected chi connectivity index (χ4v) is 2.17. The highest BCUT2D eigenvalue weighted by Crippen LogP contribution is 2.26. The predicted molar refractivity (Wildman–Crippen MR) is 87.6 cm³/mol. The third kappa shape index (κ3) is 5.76. The third-order valence-corrected chi connectivity index (χ3v) is 3.24. The second-order valence-corrected chi connectivity index (χ2v) is 5.44. The van der Waals surface area contributed by atoms with Crippen LogP contribution in [0.2, 0.25) is 0 Å². The number of hydrogen-bond donors (Lipinski definition) is 2. The van der Waals surface area contributed by atoms with Crippen LogP contribution in [0.3, 0.4) is 0 Å². The lowest BCUT2D eigenvalue weighted by Crippen LogP contribution is -2.23. The maximum absolute atomic E-state index is 12.3. The Morgan fingerprint density at radius 2 is 1.92 bits per heavy atom. The summed E-state index contributed by atoms with van der Waals surface area (Å²) in [5, 5.41) is 5.12. The van der Waals surface area contributed by atoms with E-state index in [0.29, 0.717) is 11.1 Å². The van der Waals surface area contributed by atoms with Crippen LogP contribution in [0.4, 0.5) is 19.0 Å². The predicted octanol–water partition coefficient (Wildman–Crippen LogP) is 3.18. The van der Waals surface area contributed by atoms with Crippen LogP contribution in [0.25, 0.3) is 0 Å². The second-order valence-electron chi connectivity index (χ2n) is 5.44. The molecule has 0 fully saturated rings. The highest BCUT2D eigenvalue weighted by atomic mass is 19.4. The maximum Gasteiger partial charge on any atom is 0.573 e. The summed E-state index contributed by atoms with van der Waals surface area (Å²) in [4.78, 5) is 27.1. The summed E-state index contributed by atoms with van der Waals surface area (Å²) in [5.74, 6) is -0.768. The van der Waals surface area contributed by atoms with Crippen molar-refractivity contribution in [1.29, 1.82) is 0 Å². The van der Waals surface area contributed by atoms with E-state index in [1.54, 1.807) is 0 Å². The van der Waals surface area contributed by atoms with E-state index in [0.717, 1.165) is 0 Å². The normalized spacial score (nSPS) is 11.0. The van der Waals surface area contributed by atoms with Crippen molar-refractivity contribution in [3.05, 3.63) is 53.2 Å². The zero-order valence-electron chi connectivity index (χ0n) is 14.0. The average Bonchev–Trinajstić information content (AvgIpc) is 2.53. The number of carbonyl (C=O) groups excluding carboxylic acids is 2. The van der Waals surface area contributed by atoms with Gasteiger partial charge in [0, 0.05) is 25.2 Å². The van der Waals surface area contributed by atoms with Gasteiger partial charge >= 0.3 is 6.36 Å². The van der Waals surface area contributed by atoms with E-state index >= 15 is 0 Å². The number of amides is 2. The molecule has 0 saturated heterocycles. The molecule has 2 aromatic rings. The van der Waals surface area contributed by atoms with E-state index in [4.69, 9.17) is 0 Å². The molecule has 0 unspecified atom stereocenters. The number of nitrogens with zero attached hydrogens (tertiary/aromatic N) is 1. The molecule has 1 aromatic heterocycles. The Morgan fingerprint density at radius 1 is 1.19 bits per heavy atom. The Kier molecular flexibility index (Phi) is 5.81. The number of halogens is 3. The first-order valence-corrected chi connectivity index (χ1v) is 7.51. The van der Waals surface area contributed by atoms with E-state index in [1.165, 1.54) is 50.4 Å². The number of alkyl halides is 3.